The second-order valence-corrected chi connectivity index (χ2v) is 5.75. The first-order valence-electron chi connectivity index (χ1n) is 6.73. The molecule has 0 aromatic heterocycles. The molecule has 0 unspecified atom stereocenters. The van der Waals surface area contributed by atoms with Gasteiger partial charge in [-0.2, -0.15) is 0 Å². The second-order valence-electron chi connectivity index (χ2n) is 4.97. The Kier molecular flexibility index (Phi) is 4.15. The smallest absolute Gasteiger partial charge is 0.255 e. The summed E-state index contributed by atoms with van der Waals surface area (Å²) in [7, 11) is 0. The van der Waals surface area contributed by atoms with Gasteiger partial charge < -0.3 is 10.6 Å². The molecule has 1 aliphatic rings. The number of benzene rings is 2. The molecule has 2 aromatic carbocycles. The van der Waals surface area contributed by atoms with Gasteiger partial charge in [-0.3, -0.25) is 4.79 Å². The fraction of sp³-hybridized carbons (Fsp3) is 0.188. The number of hydrogen-bond donors (Lipinski definition) is 2. The Bertz CT molecular complexity index is 701. The summed E-state index contributed by atoms with van der Waals surface area (Å²) in [6.45, 7) is 1.78. The molecule has 2 N–H and O–H groups in total. The number of hydrogen-bond acceptors (Lipinski definition) is 2. The van der Waals surface area contributed by atoms with Crippen molar-refractivity contribution in [3.63, 3.8) is 0 Å². The molecule has 0 saturated carbocycles. The van der Waals surface area contributed by atoms with Crippen molar-refractivity contribution in [2.24, 2.45) is 0 Å². The first kappa shape index (κ1) is 14.4. The Balaban J connectivity index is 1.84. The average molecular weight is 321 g/mol. The first-order chi connectivity index (χ1) is 10.1. The van der Waals surface area contributed by atoms with Crippen LogP contribution in [0, 0.1) is 0 Å². The molecule has 2 aromatic rings. The lowest BCUT2D eigenvalue weighted by Gasteiger charge is -2.17. The molecule has 1 amide bonds. The van der Waals surface area contributed by atoms with Crippen molar-refractivity contribution < 1.29 is 4.79 Å². The van der Waals surface area contributed by atoms with Crippen LogP contribution in [-0.4, -0.2) is 12.5 Å². The van der Waals surface area contributed by atoms with Crippen LogP contribution in [0.5, 0.6) is 0 Å². The standard InChI is InChI=1S/C16H14Cl2N2O/c17-13-2-1-3-14(15(13)18)20-16(21)11-5-4-10-6-7-19-9-12(10)8-11/h1-5,8,19H,6-7,9H2,(H,20,21). The number of fused-ring (bicyclic) bond motifs is 1. The van der Waals surface area contributed by atoms with Crippen LogP contribution in [0.4, 0.5) is 5.69 Å². The molecule has 1 heterocycles. The molecular weight excluding hydrogens is 307 g/mol. The highest BCUT2D eigenvalue weighted by Crippen LogP contribution is 2.30. The van der Waals surface area contributed by atoms with Crippen LogP contribution in [-0.2, 0) is 13.0 Å². The zero-order chi connectivity index (χ0) is 14.8. The third-order valence-corrected chi connectivity index (χ3v) is 4.37. The summed E-state index contributed by atoms with van der Waals surface area (Å²) in [5, 5.41) is 6.88. The predicted molar refractivity (Wildman–Crippen MR) is 86.3 cm³/mol. The van der Waals surface area contributed by atoms with Crippen LogP contribution in [0.25, 0.3) is 0 Å². The van der Waals surface area contributed by atoms with E-state index in [-0.39, 0.29) is 5.91 Å². The van der Waals surface area contributed by atoms with Crippen molar-refractivity contribution >= 4 is 34.8 Å². The van der Waals surface area contributed by atoms with E-state index in [1.807, 2.05) is 18.2 Å². The van der Waals surface area contributed by atoms with Crippen LogP contribution >= 0.6 is 23.2 Å². The number of carbonyl (C=O) groups is 1. The van der Waals surface area contributed by atoms with Crippen molar-refractivity contribution in [2.75, 3.05) is 11.9 Å². The summed E-state index contributed by atoms with van der Waals surface area (Å²) in [6.07, 6.45) is 0.997. The van der Waals surface area contributed by atoms with E-state index in [0.717, 1.165) is 19.5 Å². The molecule has 0 saturated heterocycles. The maximum Gasteiger partial charge on any atom is 0.255 e. The Labute approximate surface area is 133 Å². The van der Waals surface area contributed by atoms with Gasteiger partial charge in [0.2, 0.25) is 0 Å². The summed E-state index contributed by atoms with van der Waals surface area (Å²) in [5.41, 5.74) is 3.61. The van der Waals surface area contributed by atoms with E-state index < -0.39 is 0 Å². The van der Waals surface area contributed by atoms with Crippen LogP contribution in [0.1, 0.15) is 21.5 Å². The van der Waals surface area contributed by atoms with Gasteiger partial charge in [-0.1, -0.05) is 35.3 Å². The number of anilines is 1. The van der Waals surface area contributed by atoms with Crippen LogP contribution < -0.4 is 10.6 Å². The normalized spacial score (nSPS) is 13.6. The monoisotopic (exact) mass is 320 g/mol. The molecular formula is C16H14Cl2N2O. The topological polar surface area (TPSA) is 41.1 Å². The zero-order valence-electron chi connectivity index (χ0n) is 11.2. The molecule has 0 bridgehead atoms. The maximum atomic E-state index is 12.3. The number of rotatable bonds is 2. The van der Waals surface area contributed by atoms with E-state index >= 15 is 0 Å². The summed E-state index contributed by atoms with van der Waals surface area (Å²) < 4.78 is 0. The fourth-order valence-corrected chi connectivity index (χ4v) is 2.76. The van der Waals surface area contributed by atoms with Gasteiger partial charge in [0, 0.05) is 12.1 Å². The lowest BCUT2D eigenvalue weighted by atomic mass is 9.98. The molecule has 0 radical (unpaired) electrons. The van der Waals surface area contributed by atoms with Gasteiger partial charge in [-0.15, -0.1) is 0 Å². The summed E-state index contributed by atoms with van der Waals surface area (Å²) in [4.78, 5) is 12.3. The van der Waals surface area contributed by atoms with E-state index in [1.54, 1.807) is 18.2 Å². The van der Waals surface area contributed by atoms with Crippen LogP contribution in [0.3, 0.4) is 0 Å². The molecule has 3 nitrogen and oxygen atoms in total. The summed E-state index contributed by atoms with van der Waals surface area (Å²) >= 11 is 12.0. The van der Waals surface area contributed by atoms with Gasteiger partial charge in [0.15, 0.2) is 0 Å². The van der Waals surface area contributed by atoms with Crippen LogP contribution in [0.2, 0.25) is 10.0 Å². The molecule has 3 rings (SSSR count). The van der Waals surface area contributed by atoms with Gasteiger partial charge in [-0.05, 0) is 48.4 Å². The second kappa shape index (κ2) is 6.06. The van der Waals surface area contributed by atoms with Gasteiger partial charge in [0.25, 0.3) is 5.91 Å². The first-order valence-corrected chi connectivity index (χ1v) is 7.48. The van der Waals surface area contributed by atoms with Gasteiger partial charge in [0.05, 0.1) is 15.7 Å². The minimum Gasteiger partial charge on any atom is -0.321 e. The minimum atomic E-state index is -0.187. The molecule has 0 aliphatic carbocycles. The van der Waals surface area contributed by atoms with Crippen molar-refractivity contribution in [3.05, 3.63) is 63.1 Å². The SMILES string of the molecule is O=C(Nc1cccc(Cl)c1Cl)c1ccc2c(c1)CNCC2. The van der Waals surface area contributed by atoms with Crippen molar-refractivity contribution in [1.82, 2.24) is 5.32 Å². The predicted octanol–water partition coefficient (Wildman–Crippen LogP) is 3.89. The van der Waals surface area contributed by atoms with Gasteiger partial charge in [0.1, 0.15) is 0 Å². The zero-order valence-corrected chi connectivity index (χ0v) is 12.8. The molecule has 5 heteroatoms. The Morgan fingerprint density at radius 1 is 1.14 bits per heavy atom. The summed E-state index contributed by atoms with van der Waals surface area (Å²) in [6, 6.07) is 11.0. The highest BCUT2D eigenvalue weighted by molar-refractivity contribution is 6.44. The van der Waals surface area contributed by atoms with Gasteiger partial charge in [-0.25, -0.2) is 0 Å². The Morgan fingerprint density at radius 2 is 2.00 bits per heavy atom. The largest absolute Gasteiger partial charge is 0.321 e. The van der Waals surface area contributed by atoms with E-state index in [9.17, 15) is 4.79 Å². The highest BCUT2D eigenvalue weighted by Gasteiger charge is 2.14. The van der Waals surface area contributed by atoms with Gasteiger partial charge >= 0.3 is 0 Å². The fourth-order valence-electron chi connectivity index (χ4n) is 2.42. The van der Waals surface area contributed by atoms with Crippen molar-refractivity contribution in [2.45, 2.75) is 13.0 Å². The molecule has 0 fully saturated rings. The molecule has 0 spiro atoms. The Morgan fingerprint density at radius 3 is 2.86 bits per heavy atom. The number of amides is 1. The molecule has 21 heavy (non-hydrogen) atoms. The Hall–Kier alpha value is -1.55. The van der Waals surface area contributed by atoms with E-state index in [1.165, 1.54) is 11.1 Å². The average Bonchev–Trinajstić information content (AvgIpc) is 2.51. The lowest BCUT2D eigenvalue weighted by Crippen LogP contribution is -2.24. The molecule has 1 aliphatic heterocycles. The minimum absolute atomic E-state index is 0.187. The number of halogens is 2. The summed E-state index contributed by atoms with van der Waals surface area (Å²) in [5.74, 6) is -0.187. The quantitative estimate of drug-likeness (QED) is 0.881. The highest BCUT2D eigenvalue weighted by atomic mass is 35.5. The van der Waals surface area contributed by atoms with E-state index in [2.05, 4.69) is 10.6 Å². The third-order valence-electron chi connectivity index (χ3n) is 3.55. The van der Waals surface area contributed by atoms with Crippen LogP contribution in [0.15, 0.2) is 36.4 Å². The maximum absolute atomic E-state index is 12.3. The third kappa shape index (κ3) is 3.05. The lowest BCUT2D eigenvalue weighted by molar-refractivity contribution is 0.102. The van der Waals surface area contributed by atoms with E-state index in [4.69, 9.17) is 23.2 Å². The molecule has 0 atom stereocenters. The number of nitrogens with one attached hydrogen (secondary N) is 2. The number of carbonyl (C=O) groups excluding carboxylic acids is 1. The van der Waals surface area contributed by atoms with Crippen molar-refractivity contribution in [1.29, 1.82) is 0 Å². The van der Waals surface area contributed by atoms with E-state index in [0.29, 0.717) is 21.3 Å². The van der Waals surface area contributed by atoms with Crippen molar-refractivity contribution in [3.8, 4) is 0 Å². The molecule has 108 valence electrons.